The second-order valence-corrected chi connectivity index (χ2v) is 7.42. The van der Waals surface area contributed by atoms with Gasteiger partial charge in [-0.2, -0.15) is 0 Å². The molecule has 0 unspecified atom stereocenters. The Morgan fingerprint density at radius 2 is 1.87 bits per heavy atom. The standard InChI is InChI=1S/C21H22ClN7O/c1-15-4-5-16(13-18(15)22)25-21(30)29-11-9-28(10-12-29)20-7-6-19(26-27-20)24-17-3-2-8-23-14-17/h2-8,13-14H,9-12H2,1H3,(H,24,26)(H,25,30). The Morgan fingerprint density at radius 3 is 2.53 bits per heavy atom. The number of aromatic nitrogens is 3. The molecule has 154 valence electrons. The zero-order chi connectivity index (χ0) is 20.9. The molecule has 0 atom stereocenters. The topological polar surface area (TPSA) is 86.3 Å². The maximum absolute atomic E-state index is 12.5. The highest BCUT2D eigenvalue weighted by Crippen LogP contribution is 2.21. The summed E-state index contributed by atoms with van der Waals surface area (Å²) in [4.78, 5) is 20.5. The predicted molar refractivity (Wildman–Crippen MR) is 119 cm³/mol. The summed E-state index contributed by atoms with van der Waals surface area (Å²) in [6, 6.07) is 13.0. The second kappa shape index (κ2) is 8.96. The number of aryl methyl sites for hydroxylation is 1. The van der Waals surface area contributed by atoms with Gasteiger partial charge in [0.25, 0.3) is 0 Å². The molecule has 2 aromatic heterocycles. The molecule has 0 spiro atoms. The number of pyridine rings is 1. The molecule has 0 aliphatic carbocycles. The van der Waals surface area contributed by atoms with Gasteiger partial charge in [0.05, 0.1) is 11.9 Å². The molecule has 9 heteroatoms. The van der Waals surface area contributed by atoms with E-state index in [1.807, 2.05) is 43.3 Å². The lowest BCUT2D eigenvalue weighted by Crippen LogP contribution is -2.50. The van der Waals surface area contributed by atoms with E-state index in [-0.39, 0.29) is 6.03 Å². The van der Waals surface area contributed by atoms with Crippen molar-refractivity contribution in [2.45, 2.75) is 6.92 Å². The minimum atomic E-state index is -0.128. The number of rotatable bonds is 4. The number of piperazine rings is 1. The van der Waals surface area contributed by atoms with Crippen LogP contribution in [0.15, 0.2) is 54.9 Å². The summed E-state index contributed by atoms with van der Waals surface area (Å²) in [5.41, 5.74) is 2.53. The molecular formula is C21H22ClN7O. The van der Waals surface area contributed by atoms with Crippen LogP contribution in [0, 0.1) is 6.92 Å². The molecule has 8 nitrogen and oxygen atoms in total. The molecule has 4 rings (SSSR count). The van der Waals surface area contributed by atoms with Crippen molar-refractivity contribution in [3.63, 3.8) is 0 Å². The summed E-state index contributed by atoms with van der Waals surface area (Å²) in [5, 5.41) is 15.3. The molecule has 1 fully saturated rings. The summed E-state index contributed by atoms with van der Waals surface area (Å²) < 4.78 is 0. The van der Waals surface area contributed by atoms with Crippen LogP contribution >= 0.6 is 11.6 Å². The third-order valence-corrected chi connectivity index (χ3v) is 5.31. The number of nitrogens with zero attached hydrogens (tertiary/aromatic N) is 5. The molecule has 0 saturated carbocycles. The molecule has 1 aliphatic heterocycles. The van der Waals surface area contributed by atoms with Crippen LogP contribution < -0.4 is 15.5 Å². The number of halogens is 1. The minimum absolute atomic E-state index is 0.128. The van der Waals surface area contributed by atoms with Crippen LogP contribution in [0.5, 0.6) is 0 Å². The lowest BCUT2D eigenvalue weighted by Gasteiger charge is -2.35. The van der Waals surface area contributed by atoms with Crippen molar-refractivity contribution in [3.8, 4) is 0 Å². The minimum Gasteiger partial charge on any atom is -0.352 e. The average molecular weight is 424 g/mol. The first-order valence-corrected chi connectivity index (χ1v) is 10.0. The number of hydrogen-bond acceptors (Lipinski definition) is 6. The van der Waals surface area contributed by atoms with Gasteiger partial charge in [0, 0.05) is 43.1 Å². The number of nitrogens with one attached hydrogen (secondary N) is 2. The largest absolute Gasteiger partial charge is 0.352 e. The average Bonchev–Trinajstić information content (AvgIpc) is 2.78. The molecule has 0 bridgehead atoms. The fourth-order valence-electron chi connectivity index (χ4n) is 3.16. The van der Waals surface area contributed by atoms with E-state index in [1.165, 1.54) is 0 Å². The molecule has 3 aromatic rings. The highest BCUT2D eigenvalue weighted by molar-refractivity contribution is 6.31. The van der Waals surface area contributed by atoms with Crippen LogP contribution in [0.2, 0.25) is 5.02 Å². The first kappa shape index (κ1) is 19.9. The number of carbonyl (C=O) groups excluding carboxylic acids is 1. The second-order valence-electron chi connectivity index (χ2n) is 7.01. The van der Waals surface area contributed by atoms with Gasteiger partial charge in [0.2, 0.25) is 0 Å². The van der Waals surface area contributed by atoms with Crippen LogP contribution in [0.4, 0.5) is 27.8 Å². The summed E-state index contributed by atoms with van der Waals surface area (Å²) >= 11 is 6.13. The molecule has 3 heterocycles. The van der Waals surface area contributed by atoms with Crippen molar-refractivity contribution in [3.05, 3.63) is 65.4 Å². The summed E-state index contributed by atoms with van der Waals surface area (Å²) in [5.74, 6) is 1.44. The Labute approximate surface area is 179 Å². The summed E-state index contributed by atoms with van der Waals surface area (Å²) in [6.45, 7) is 4.50. The number of anilines is 4. The number of benzene rings is 1. The van der Waals surface area contributed by atoms with E-state index in [0.29, 0.717) is 42.7 Å². The Balaban J connectivity index is 1.30. The van der Waals surface area contributed by atoms with Crippen LogP contribution in [-0.2, 0) is 0 Å². The highest BCUT2D eigenvalue weighted by atomic mass is 35.5. The lowest BCUT2D eigenvalue weighted by molar-refractivity contribution is 0.208. The molecule has 2 N–H and O–H groups in total. The normalized spacial score (nSPS) is 13.8. The van der Waals surface area contributed by atoms with E-state index >= 15 is 0 Å². The molecule has 30 heavy (non-hydrogen) atoms. The molecule has 0 radical (unpaired) electrons. The quantitative estimate of drug-likeness (QED) is 0.661. The zero-order valence-corrected chi connectivity index (χ0v) is 17.3. The fraction of sp³-hybridized carbons (Fsp3) is 0.238. The van der Waals surface area contributed by atoms with Crippen molar-refractivity contribution in [1.82, 2.24) is 20.1 Å². The fourth-order valence-corrected chi connectivity index (χ4v) is 3.34. The van der Waals surface area contributed by atoms with E-state index in [0.717, 1.165) is 17.1 Å². The monoisotopic (exact) mass is 423 g/mol. The smallest absolute Gasteiger partial charge is 0.321 e. The van der Waals surface area contributed by atoms with E-state index in [2.05, 4.69) is 30.7 Å². The molecule has 1 saturated heterocycles. The van der Waals surface area contributed by atoms with Gasteiger partial charge < -0.3 is 20.4 Å². The Bertz CT molecular complexity index is 1010. The van der Waals surface area contributed by atoms with Crippen LogP contribution in [0.1, 0.15) is 5.56 Å². The Hall–Kier alpha value is -3.39. The van der Waals surface area contributed by atoms with Gasteiger partial charge in [-0.25, -0.2) is 4.79 Å². The Kier molecular flexibility index (Phi) is 5.94. The third kappa shape index (κ3) is 4.77. The number of amides is 2. The first-order valence-electron chi connectivity index (χ1n) is 9.66. The van der Waals surface area contributed by atoms with Gasteiger partial charge in [-0.15, -0.1) is 10.2 Å². The predicted octanol–water partition coefficient (Wildman–Crippen LogP) is 3.93. The van der Waals surface area contributed by atoms with Gasteiger partial charge >= 0.3 is 6.03 Å². The third-order valence-electron chi connectivity index (χ3n) is 4.90. The van der Waals surface area contributed by atoms with Crippen LogP contribution in [-0.4, -0.2) is 52.3 Å². The molecular weight excluding hydrogens is 402 g/mol. The van der Waals surface area contributed by atoms with Crippen molar-refractivity contribution in [2.75, 3.05) is 41.7 Å². The van der Waals surface area contributed by atoms with Gasteiger partial charge in [-0.05, 0) is 48.9 Å². The van der Waals surface area contributed by atoms with E-state index in [1.54, 1.807) is 23.4 Å². The van der Waals surface area contributed by atoms with Crippen molar-refractivity contribution in [1.29, 1.82) is 0 Å². The SMILES string of the molecule is Cc1ccc(NC(=O)N2CCN(c3ccc(Nc4cccnc4)nn3)CC2)cc1Cl. The molecule has 1 aromatic carbocycles. The Morgan fingerprint density at radius 1 is 1.03 bits per heavy atom. The molecule has 1 aliphatic rings. The van der Waals surface area contributed by atoms with Gasteiger partial charge in [0.1, 0.15) is 0 Å². The van der Waals surface area contributed by atoms with Crippen molar-refractivity contribution < 1.29 is 4.79 Å². The van der Waals surface area contributed by atoms with Gasteiger partial charge in [-0.3, -0.25) is 4.98 Å². The van der Waals surface area contributed by atoms with Gasteiger partial charge in [0.15, 0.2) is 11.6 Å². The first-order chi connectivity index (χ1) is 14.6. The van der Waals surface area contributed by atoms with E-state index in [9.17, 15) is 4.79 Å². The van der Waals surface area contributed by atoms with Crippen LogP contribution in [0.25, 0.3) is 0 Å². The van der Waals surface area contributed by atoms with E-state index < -0.39 is 0 Å². The molecule has 2 amide bonds. The number of hydrogen-bond donors (Lipinski definition) is 2. The van der Waals surface area contributed by atoms with E-state index in [4.69, 9.17) is 11.6 Å². The van der Waals surface area contributed by atoms with Crippen LogP contribution in [0.3, 0.4) is 0 Å². The number of urea groups is 1. The zero-order valence-electron chi connectivity index (χ0n) is 16.5. The lowest BCUT2D eigenvalue weighted by atomic mass is 10.2. The maximum atomic E-state index is 12.5. The number of carbonyl (C=O) groups is 1. The van der Waals surface area contributed by atoms with Gasteiger partial charge in [-0.1, -0.05) is 17.7 Å². The summed E-state index contributed by atoms with van der Waals surface area (Å²) in [6.07, 6.45) is 3.44. The maximum Gasteiger partial charge on any atom is 0.321 e. The van der Waals surface area contributed by atoms with Crippen molar-refractivity contribution in [2.24, 2.45) is 0 Å². The highest BCUT2D eigenvalue weighted by Gasteiger charge is 2.22. The summed E-state index contributed by atoms with van der Waals surface area (Å²) in [7, 11) is 0. The van der Waals surface area contributed by atoms with Crippen molar-refractivity contribution >= 4 is 40.6 Å².